The molecule has 6 heteroatoms. The molecule has 3 rings (SSSR count). The highest BCUT2D eigenvalue weighted by atomic mass is 32.2. The van der Waals surface area contributed by atoms with Gasteiger partial charge in [-0.05, 0) is 18.6 Å². The molecular weight excluding hydrogens is 324 g/mol. The Morgan fingerprint density at radius 2 is 2.08 bits per heavy atom. The molecule has 0 radical (unpaired) electrons. The van der Waals surface area contributed by atoms with Gasteiger partial charge in [0.15, 0.2) is 0 Å². The molecule has 122 valence electrons. The van der Waals surface area contributed by atoms with Crippen LogP contribution < -0.4 is 0 Å². The van der Waals surface area contributed by atoms with Crippen molar-refractivity contribution in [2.24, 2.45) is 4.36 Å². The number of carbonyl (C=O) groups excluding carboxylic acids is 1. The molecular formula is C18H16N2O3S. The average Bonchev–Trinajstić information content (AvgIpc) is 2.63. The zero-order valence-electron chi connectivity index (χ0n) is 12.7. The summed E-state index contributed by atoms with van der Waals surface area (Å²) in [5.74, 6) is -0.463. The molecule has 2 aromatic rings. The van der Waals surface area contributed by atoms with E-state index < -0.39 is 16.5 Å². The summed E-state index contributed by atoms with van der Waals surface area (Å²) in [6.07, 6.45) is 10.9. The minimum absolute atomic E-state index is 0.103. The number of benzene rings is 1. The van der Waals surface area contributed by atoms with Crippen molar-refractivity contribution >= 4 is 16.5 Å². The molecule has 24 heavy (non-hydrogen) atoms. The number of para-hydroxylation sites is 1. The van der Waals surface area contributed by atoms with Crippen molar-refractivity contribution in [1.29, 1.82) is 0 Å². The quantitative estimate of drug-likeness (QED) is 0.841. The maximum absolute atomic E-state index is 12.3. The van der Waals surface area contributed by atoms with Crippen LogP contribution in [0.2, 0.25) is 0 Å². The van der Waals surface area contributed by atoms with Gasteiger partial charge in [0, 0.05) is 23.5 Å². The van der Waals surface area contributed by atoms with E-state index in [0.29, 0.717) is 17.5 Å². The lowest BCUT2D eigenvalue weighted by Gasteiger charge is -2.07. The Labute approximate surface area is 141 Å². The summed E-state index contributed by atoms with van der Waals surface area (Å²) >= 11 is 0. The first-order valence-electron chi connectivity index (χ1n) is 7.44. The number of thiol groups is 1. The first kappa shape index (κ1) is 16.1. The van der Waals surface area contributed by atoms with Gasteiger partial charge >= 0.3 is 0 Å². The molecule has 1 aliphatic rings. The van der Waals surface area contributed by atoms with Crippen molar-refractivity contribution in [3.05, 3.63) is 72.6 Å². The number of aromatic nitrogens is 1. The third-order valence-electron chi connectivity index (χ3n) is 3.63. The maximum atomic E-state index is 12.3. The van der Waals surface area contributed by atoms with Crippen LogP contribution >= 0.6 is 0 Å². The third kappa shape index (κ3) is 3.60. The molecule has 0 spiro atoms. The number of allylic oxidation sites excluding steroid dienone is 3. The molecule has 1 heterocycles. The van der Waals surface area contributed by atoms with E-state index in [-0.39, 0.29) is 16.6 Å². The van der Waals surface area contributed by atoms with Gasteiger partial charge in [-0.1, -0.05) is 42.5 Å². The van der Waals surface area contributed by atoms with Gasteiger partial charge in [0.2, 0.25) is 0 Å². The van der Waals surface area contributed by atoms with Crippen LogP contribution in [0.5, 0.6) is 5.75 Å². The standard InChI is InChI=1S/C18H16N2O3S/c21-17-9-5-4-8-16(17)13-10-14(12-19-11-13)18(22)20-24(23)15-6-2-1-3-7-15/h1-6,8-12,15,21,24H,7H2. The zero-order valence-corrected chi connectivity index (χ0v) is 13.6. The average molecular weight is 340 g/mol. The normalized spacial score (nSPS) is 17.8. The van der Waals surface area contributed by atoms with Crippen molar-refractivity contribution in [1.82, 2.24) is 4.98 Å². The highest BCUT2D eigenvalue weighted by Gasteiger charge is 2.12. The maximum Gasteiger partial charge on any atom is 0.286 e. The fourth-order valence-electron chi connectivity index (χ4n) is 2.37. The minimum Gasteiger partial charge on any atom is -0.507 e. The van der Waals surface area contributed by atoms with E-state index in [1.165, 1.54) is 6.20 Å². The van der Waals surface area contributed by atoms with E-state index in [1.54, 1.807) is 42.6 Å². The van der Waals surface area contributed by atoms with E-state index >= 15 is 0 Å². The summed E-state index contributed by atoms with van der Waals surface area (Å²) in [5.41, 5.74) is 1.42. The second-order valence-electron chi connectivity index (χ2n) is 5.30. The molecule has 0 fully saturated rings. The van der Waals surface area contributed by atoms with Crippen molar-refractivity contribution in [3.8, 4) is 16.9 Å². The van der Waals surface area contributed by atoms with Crippen LogP contribution in [0.15, 0.2) is 71.4 Å². The lowest BCUT2D eigenvalue weighted by Crippen LogP contribution is -2.08. The van der Waals surface area contributed by atoms with Gasteiger partial charge in [-0.3, -0.25) is 14.0 Å². The number of hydrogen-bond acceptors (Lipinski definition) is 4. The molecule has 0 saturated heterocycles. The first-order valence-corrected chi connectivity index (χ1v) is 8.72. The number of hydrogen-bond donors (Lipinski definition) is 2. The number of carbonyl (C=O) groups is 1. The molecule has 2 atom stereocenters. The molecule has 1 aliphatic carbocycles. The van der Waals surface area contributed by atoms with Crippen LogP contribution in [0, 0.1) is 0 Å². The van der Waals surface area contributed by atoms with Crippen LogP contribution in [0.1, 0.15) is 16.8 Å². The highest BCUT2D eigenvalue weighted by molar-refractivity contribution is 7.76. The Hall–Kier alpha value is -2.73. The van der Waals surface area contributed by atoms with Gasteiger partial charge in [0.1, 0.15) is 5.75 Å². The van der Waals surface area contributed by atoms with E-state index in [1.807, 2.05) is 18.2 Å². The number of amides is 1. The van der Waals surface area contributed by atoms with Crippen LogP contribution in [0.4, 0.5) is 0 Å². The number of pyridine rings is 1. The SMILES string of the molecule is O=C(N=[SH](=O)C1C=CC=CC1)c1cncc(-c2ccccc2O)c1. The van der Waals surface area contributed by atoms with Crippen LogP contribution in [0.3, 0.4) is 0 Å². The van der Waals surface area contributed by atoms with E-state index in [4.69, 9.17) is 0 Å². The van der Waals surface area contributed by atoms with E-state index in [0.717, 1.165) is 0 Å². The summed E-state index contributed by atoms with van der Waals surface area (Å²) in [6.45, 7) is 0. The predicted octanol–water partition coefficient (Wildman–Crippen LogP) is 3.14. The molecule has 1 aromatic carbocycles. The molecule has 1 aromatic heterocycles. The second kappa shape index (κ2) is 7.23. The van der Waals surface area contributed by atoms with Crippen molar-refractivity contribution in [2.45, 2.75) is 11.7 Å². The lowest BCUT2D eigenvalue weighted by atomic mass is 10.1. The fraction of sp³-hybridized carbons (Fsp3) is 0.111. The van der Waals surface area contributed by atoms with Crippen LogP contribution in [-0.4, -0.2) is 25.5 Å². The van der Waals surface area contributed by atoms with E-state index in [9.17, 15) is 14.1 Å². The molecule has 0 bridgehead atoms. The van der Waals surface area contributed by atoms with Gasteiger partial charge in [-0.25, -0.2) is 0 Å². The monoisotopic (exact) mass is 340 g/mol. The molecule has 0 saturated carbocycles. The second-order valence-corrected chi connectivity index (χ2v) is 6.77. The third-order valence-corrected chi connectivity index (χ3v) is 4.96. The number of rotatable bonds is 3. The molecule has 2 unspecified atom stereocenters. The Bertz CT molecular complexity index is 912. The Morgan fingerprint density at radius 3 is 2.83 bits per heavy atom. The van der Waals surface area contributed by atoms with Gasteiger partial charge in [-0.2, -0.15) is 4.36 Å². The summed E-state index contributed by atoms with van der Waals surface area (Å²) in [6, 6.07) is 8.39. The summed E-state index contributed by atoms with van der Waals surface area (Å²) in [7, 11) is -2.02. The summed E-state index contributed by atoms with van der Waals surface area (Å²) < 4.78 is 16.0. The van der Waals surface area contributed by atoms with Gasteiger partial charge in [-0.15, -0.1) is 0 Å². The Kier molecular flexibility index (Phi) is 4.86. The summed E-state index contributed by atoms with van der Waals surface area (Å²) in [4.78, 5) is 16.3. The topological polar surface area (TPSA) is 79.6 Å². The molecule has 0 aliphatic heterocycles. The van der Waals surface area contributed by atoms with E-state index in [2.05, 4.69) is 9.35 Å². The fourth-order valence-corrected chi connectivity index (χ4v) is 3.37. The summed E-state index contributed by atoms with van der Waals surface area (Å²) in [5, 5.41) is 9.67. The van der Waals surface area contributed by atoms with Gasteiger partial charge in [0.05, 0.1) is 21.4 Å². The largest absolute Gasteiger partial charge is 0.507 e. The number of phenols is 1. The Morgan fingerprint density at radius 1 is 1.25 bits per heavy atom. The number of phenolic OH excluding ortho intramolecular Hbond substituents is 1. The van der Waals surface area contributed by atoms with Crippen LogP contribution in [0.25, 0.3) is 11.1 Å². The van der Waals surface area contributed by atoms with Gasteiger partial charge in [0.25, 0.3) is 5.91 Å². The van der Waals surface area contributed by atoms with Crippen molar-refractivity contribution in [2.75, 3.05) is 0 Å². The van der Waals surface area contributed by atoms with Gasteiger partial charge < -0.3 is 5.11 Å². The zero-order chi connectivity index (χ0) is 16.9. The highest BCUT2D eigenvalue weighted by Crippen LogP contribution is 2.28. The molecule has 5 nitrogen and oxygen atoms in total. The molecule has 1 amide bonds. The molecule has 1 N–H and O–H groups in total. The first-order chi connectivity index (χ1) is 11.6. The van der Waals surface area contributed by atoms with Crippen molar-refractivity contribution in [3.63, 3.8) is 0 Å². The minimum atomic E-state index is -2.02. The lowest BCUT2D eigenvalue weighted by molar-refractivity contribution is 0.100. The van der Waals surface area contributed by atoms with Crippen molar-refractivity contribution < 1.29 is 14.1 Å². The number of aromatic hydroxyl groups is 1. The van der Waals surface area contributed by atoms with Crippen LogP contribution in [-0.2, 0) is 10.6 Å². The number of nitrogens with zero attached hydrogens (tertiary/aromatic N) is 2. The predicted molar refractivity (Wildman–Crippen MR) is 94.3 cm³/mol. The smallest absolute Gasteiger partial charge is 0.286 e. The Balaban J connectivity index is 1.87.